The third kappa shape index (κ3) is 4.36. The Kier molecular flexibility index (Phi) is 5.31. The van der Waals surface area contributed by atoms with Crippen molar-refractivity contribution in [3.05, 3.63) is 76.6 Å². The highest BCUT2D eigenvalue weighted by molar-refractivity contribution is 7.18. The molecule has 28 heavy (non-hydrogen) atoms. The van der Waals surface area contributed by atoms with Gasteiger partial charge in [-0.05, 0) is 36.4 Å². The zero-order valence-electron chi connectivity index (χ0n) is 14.6. The number of hydrogen-bond acceptors (Lipinski definition) is 5. The van der Waals surface area contributed by atoms with Crippen LogP contribution in [0.2, 0.25) is 0 Å². The van der Waals surface area contributed by atoms with Gasteiger partial charge in [0.15, 0.2) is 0 Å². The Hall–Kier alpha value is -3.23. The van der Waals surface area contributed by atoms with Crippen LogP contribution in [0.4, 0.5) is 15.5 Å². The van der Waals surface area contributed by atoms with Gasteiger partial charge in [0.05, 0.1) is 26.6 Å². The maximum absolute atomic E-state index is 12.4. The van der Waals surface area contributed by atoms with Crippen LogP contribution in [0, 0.1) is 0 Å². The van der Waals surface area contributed by atoms with Gasteiger partial charge in [0.25, 0.3) is 5.91 Å². The number of thiazole rings is 1. The number of carbonyl (C=O) groups is 2. The lowest BCUT2D eigenvalue weighted by Gasteiger charge is -2.05. The van der Waals surface area contributed by atoms with Crippen LogP contribution in [0.1, 0.15) is 14.7 Å². The summed E-state index contributed by atoms with van der Waals surface area (Å²) in [6, 6.07) is 20.1. The van der Waals surface area contributed by atoms with E-state index in [1.54, 1.807) is 35.6 Å². The molecule has 0 aliphatic heterocycles. The molecule has 4 aromatic rings. The fraction of sp³-hybridized carbons (Fsp3) is 0.0500. The van der Waals surface area contributed by atoms with Gasteiger partial charge in [-0.3, -0.25) is 10.1 Å². The summed E-state index contributed by atoms with van der Waals surface area (Å²) in [7, 11) is 0. The summed E-state index contributed by atoms with van der Waals surface area (Å²) in [5.41, 5.74) is 1.63. The molecular formula is C20H16N4O2S2. The Morgan fingerprint density at radius 2 is 1.64 bits per heavy atom. The van der Waals surface area contributed by atoms with E-state index in [0.29, 0.717) is 22.1 Å². The number of fused-ring (bicyclic) bond motifs is 1. The van der Waals surface area contributed by atoms with Crippen LogP contribution < -0.4 is 16.0 Å². The van der Waals surface area contributed by atoms with Crippen LogP contribution in [-0.4, -0.2) is 16.9 Å². The van der Waals surface area contributed by atoms with Gasteiger partial charge < -0.3 is 10.6 Å². The monoisotopic (exact) mass is 408 g/mol. The quantitative estimate of drug-likeness (QED) is 0.438. The van der Waals surface area contributed by atoms with E-state index < -0.39 is 0 Å². The molecule has 0 saturated heterocycles. The van der Waals surface area contributed by atoms with Gasteiger partial charge in [0.2, 0.25) is 0 Å². The molecule has 4 rings (SSSR count). The molecule has 0 saturated carbocycles. The second kappa shape index (κ2) is 8.20. The smallest absolute Gasteiger partial charge is 0.324 e. The normalized spacial score (nSPS) is 10.6. The minimum absolute atomic E-state index is 0.194. The van der Waals surface area contributed by atoms with Crippen LogP contribution in [-0.2, 0) is 6.54 Å². The van der Waals surface area contributed by atoms with E-state index >= 15 is 0 Å². The number of urea groups is 1. The minimum atomic E-state index is -0.352. The van der Waals surface area contributed by atoms with Crippen LogP contribution >= 0.6 is 22.7 Å². The zero-order valence-corrected chi connectivity index (χ0v) is 16.3. The van der Waals surface area contributed by atoms with Gasteiger partial charge in [-0.15, -0.1) is 22.7 Å². The number of aromatic nitrogens is 1. The van der Waals surface area contributed by atoms with Crippen LogP contribution in [0.5, 0.6) is 0 Å². The average molecular weight is 409 g/mol. The van der Waals surface area contributed by atoms with Crippen molar-refractivity contribution in [1.29, 1.82) is 0 Å². The number of carbonyl (C=O) groups excluding carboxylic acids is 2. The van der Waals surface area contributed by atoms with E-state index in [2.05, 4.69) is 20.9 Å². The molecule has 6 nitrogen and oxygen atoms in total. The van der Waals surface area contributed by atoms with E-state index in [0.717, 1.165) is 15.2 Å². The number of para-hydroxylation sites is 2. The molecule has 0 fully saturated rings. The fourth-order valence-corrected chi connectivity index (χ4v) is 4.29. The van der Waals surface area contributed by atoms with E-state index in [1.807, 2.05) is 42.5 Å². The second-order valence-corrected chi connectivity index (χ2v) is 8.07. The van der Waals surface area contributed by atoms with Crippen LogP contribution in [0.15, 0.2) is 66.7 Å². The Bertz CT molecular complexity index is 1090. The molecule has 3 N–H and O–H groups in total. The summed E-state index contributed by atoms with van der Waals surface area (Å²) in [5, 5.41) is 9.80. The molecule has 3 amide bonds. The number of thiophene rings is 1. The third-order valence-corrected chi connectivity index (χ3v) is 5.87. The summed E-state index contributed by atoms with van der Waals surface area (Å²) in [6.45, 7) is 0.368. The van der Waals surface area contributed by atoms with Crippen molar-refractivity contribution < 1.29 is 9.59 Å². The van der Waals surface area contributed by atoms with Crippen molar-refractivity contribution in [3.63, 3.8) is 0 Å². The summed E-state index contributed by atoms with van der Waals surface area (Å²) in [5.74, 6) is -0.194. The lowest BCUT2D eigenvalue weighted by molar-refractivity contribution is 0.0955. The molecule has 140 valence electrons. The van der Waals surface area contributed by atoms with Crippen molar-refractivity contribution in [2.45, 2.75) is 6.54 Å². The Labute approximate surface area is 169 Å². The highest BCUT2D eigenvalue weighted by atomic mass is 32.1. The van der Waals surface area contributed by atoms with Gasteiger partial charge >= 0.3 is 6.03 Å². The molecule has 8 heteroatoms. The average Bonchev–Trinajstić information content (AvgIpc) is 3.33. The van der Waals surface area contributed by atoms with Gasteiger partial charge in [0.1, 0.15) is 5.01 Å². The topological polar surface area (TPSA) is 83.1 Å². The molecule has 0 bridgehead atoms. The number of nitrogens with zero attached hydrogens (tertiary/aromatic N) is 1. The highest BCUT2D eigenvalue weighted by Gasteiger charge is 2.12. The van der Waals surface area contributed by atoms with Crippen molar-refractivity contribution >= 4 is 55.5 Å². The number of amides is 3. The summed E-state index contributed by atoms with van der Waals surface area (Å²) < 4.78 is 1.10. The van der Waals surface area contributed by atoms with Crippen molar-refractivity contribution in [2.24, 2.45) is 0 Å². The predicted molar refractivity (Wildman–Crippen MR) is 114 cm³/mol. The summed E-state index contributed by atoms with van der Waals surface area (Å²) >= 11 is 2.78. The maximum atomic E-state index is 12.4. The van der Waals surface area contributed by atoms with Crippen molar-refractivity contribution in [2.75, 3.05) is 10.6 Å². The SMILES string of the molecule is O=C(Nc1ccccc1)Nc1ccc(C(=O)NCc2nc3ccccc3s2)s1. The lowest BCUT2D eigenvalue weighted by Crippen LogP contribution is -2.21. The summed E-state index contributed by atoms with van der Waals surface area (Å²) in [4.78, 5) is 29.4. The Balaban J connectivity index is 1.33. The van der Waals surface area contributed by atoms with Crippen LogP contribution in [0.25, 0.3) is 10.2 Å². The predicted octanol–water partition coefficient (Wildman–Crippen LogP) is 4.93. The van der Waals surface area contributed by atoms with Gasteiger partial charge in [-0.25, -0.2) is 9.78 Å². The van der Waals surface area contributed by atoms with Crippen molar-refractivity contribution in [3.8, 4) is 0 Å². The Morgan fingerprint density at radius 1 is 0.857 bits per heavy atom. The standard InChI is InChI=1S/C20H16N4O2S2/c25-19(21-12-18-23-14-8-4-5-9-15(14)27-18)16-10-11-17(28-16)24-20(26)22-13-6-2-1-3-7-13/h1-11H,12H2,(H,21,25)(H2,22,24,26). The molecule has 0 spiro atoms. The molecule has 0 aliphatic carbocycles. The summed E-state index contributed by atoms with van der Waals surface area (Å²) in [6.07, 6.45) is 0. The van der Waals surface area contributed by atoms with Gasteiger partial charge in [0, 0.05) is 5.69 Å². The highest BCUT2D eigenvalue weighted by Crippen LogP contribution is 2.23. The molecule has 0 unspecified atom stereocenters. The number of nitrogens with one attached hydrogen (secondary N) is 3. The van der Waals surface area contributed by atoms with Crippen LogP contribution in [0.3, 0.4) is 0 Å². The maximum Gasteiger partial charge on any atom is 0.324 e. The van der Waals surface area contributed by atoms with Gasteiger partial charge in [-0.2, -0.15) is 0 Å². The lowest BCUT2D eigenvalue weighted by atomic mass is 10.3. The van der Waals surface area contributed by atoms with E-state index in [4.69, 9.17) is 0 Å². The molecular weight excluding hydrogens is 392 g/mol. The molecule has 2 heterocycles. The number of benzene rings is 2. The van der Waals surface area contributed by atoms with Gasteiger partial charge in [-0.1, -0.05) is 30.3 Å². The first-order valence-electron chi connectivity index (χ1n) is 8.53. The third-order valence-electron chi connectivity index (χ3n) is 3.84. The molecule has 2 aromatic heterocycles. The molecule has 2 aromatic carbocycles. The number of anilines is 2. The number of rotatable bonds is 5. The first kappa shape index (κ1) is 18.1. The van der Waals surface area contributed by atoms with E-state index in [9.17, 15) is 9.59 Å². The number of hydrogen-bond donors (Lipinski definition) is 3. The fourth-order valence-electron chi connectivity index (χ4n) is 2.56. The zero-order chi connectivity index (χ0) is 19.3. The second-order valence-electron chi connectivity index (χ2n) is 5.87. The molecule has 0 atom stereocenters. The first-order chi connectivity index (χ1) is 13.7. The largest absolute Gasteiger partial charge is 0.345 e. The Morgan fingerprint density at radius 3 is 2.46 bits per heavy atom. The minimum Gasteiger partial charge on any atom is -0.345 e. The molecule has 0 radical (unpaired) electrons. The van der Waals surface area contributed by atoms with Crippen molar-refractivity contribution in [1.82, 2.24) is 10.3 Å². The van der Waals surface area contributed by atoms with E-state index in [-0.39, 0.29) is 11.9 Å². The molecule has 0 aliphatic rings. The van der Waals surface area contributed by atoms with E-state index in [1.165, 1.54) is 11.3 Å². The first-order valence-corrected chi connectivity index (χ1v) is 10.2.